The van der Waals surface area contributed by atoms with Gasteiger partial charge in [0, 0.05) is 25.3 Å². The molecule has 2 unspecified atom stereocenters. The van der Waals surface area contributed by atoms with E-state index >= 15 is 0 Å². The number of fused-ring (bicyclic) bond motifs is 1. The van der Waals surface area contributed by atoms with Crippen LogP contribution in [0.5, 0.6) is 11.5 Å². The molecule has 1 fully saturated rings. The van der Waals surface area contributed by atoms with Gasteiger partial charge in [-0.2, -0.15) is 13.2 Å². The molecular weight excluding hydrogens is 399 g/mol. The van der Waals surface area contributed by atoms with E-state index in [0.717, 1.165) is 12.3 Å². The number of anilines is 1. The van der Waals surface area contributed by atoms with Crippen molar-refractivity contribution in [2.75, 3.05) is 18.0 Å². The first-order valence-corrected chi connectivity index (χ1v) is 9.82. The van der Waals surface area contributed by atoms with Gasteiger partial charge in [-0.15, -0.1) is 0 Å². The van der Waals surface area contributed by atoms with Crippen molar-refractivity contribution in [2.24, 2.45) is 0 Å². The van der Waals surface area contributed by atoms with Gasteiger partial charge >= 0.3 is 6.18 Å². The topological polar surface area (TPSA) is 63.7 Å². The summed E-state index contributed by atoms with van der Waals surface area (Å²) in [5.74, 6) is 1.43. The van der Waals surface area contributed by atoms with Crippen molar-refractivity contribution < 1.29 is 27.4 Å². The smallest absolute Gasteiger partial charge is 0.417 e. The zero-order valence-corrected chi connectivity index (χ0v) is 16.4. The summed E-state index contributed by atoms with van der Waals surface area (Å²) >= 11 is 0. The number of aromatic nitrogens is 1. The van der Waals surface area contributed by atoms with Crippen LogP contribution in [0.3, 0.4) is 0 Å². The van der Waals surface area contributed by atoms with Gasteiger partial charge in [-0.05, 0) is 44.0 Å². The van der Waals surface area contributed by atoms with E-state index in [2.05, 4.69) is 10.3 Å². The highest BCUT2D eigenvalue weighted by atomic mass is 19.4. The van der Waals surface area contributed by atoms with Gasteiger partial charge in [-0.3, -0.25) is 4.79 Å². The van der Waals surface area contributed by atoms with Crippen molar-refractivity contribution >= 4 is 11.7 Å². The maximum atomic E-state index is 12.7. The molecule has 2 aliphatic rings. The van der Waals surface area contributed by atoms with Crippen molar-refractivity contribution in [2.45, 2.75) is 44.2 Å². The number of hydrogen-bond acceptors (Lipinski definition) is 5. The Hall–Kier alpha value is -2.97. The molecule has 0 radical (unpaired) electrons. The summed E-state index contributed by atoms with van der Waals surface area (Å²) in [6, 6.07) is 9.59. The molecule has 6 nitrogen and oxygen atoms in total. The Morgan fingerprint density at radius 3 is 2.37 bits per heavy atom. The molecular formula is C21H22F3N3O3. The maximum absolute atomic E-state index is 12.7. The SMILES string of the molecule is CC1Oc2ccccc2OC1C(=O)NC1CCN(c2ccc(C(F)(F)F)cn2)CC1. The maximum Gasteiger partial charge on any atom is 0.417 e. The average molecular weight is 421 g/mol. The van der Waals surface area contributed by atoms with Gasteiger partial charge in [0.05, 0.1) is 5.56 Å². The Kier molecular flexibility index (Phi) is 5.44. The fraction of sp³-hybridized carbons (Fsp3) is 0.429. The van der Waals surface area contributed by atoms with Crippen LogP contribution in [-0.2, 0) is 11.0 Å². The van der Waals surface area contributed by atoms with Crippen LogP contribution < -0.4 is 19.7 Å². The summed E-state index contributed by atoms with van der Waals surface area (Å²) in [6.45, 7) is 2.96. The van der Waals surface area contributed by atoms with Crippen molar-refractivity contribution in [1.82, 2.24) is 10.3 Å². The number of hydrogen-bond donors (Lipinski definition) is 1. The largest absolute Gasteiger partial charge is 0.482 e. The number of halogens is 3. The third-order valence-electron chi connectivity index (χ3n) is 5.34. The van der Waals surface area contributed by atoms with Crippen molar-refractivity contribution in [3.8, 4) is 11.5 Å². The van der Waals surface area contributed by atoms with Crippen molar-refractivity contribution in [3.05, 3.63) is 48.2 Å². The van der Waals surface area contributed by atoms with E-state index in [1.807, 2.05) is 17.0 Å². The van der Waals surface area contributed by atoms with Gasteiger partial charge < -0.3 is 19.7 Å². The first-order valence-electron chi connectivity index (χ1n) is 9.82. The molecule has 0 aliphatic carbocycles. The number of alkyl halides is 3. The number of nitrogens with zero attached hydrogens (tertiary/aromatic N) is 2. The lowest BCUT2D eigenvalue weighted by molar-refractivity contribution is -0.138. The number of carbonyl (C=O) groups is 1. The number of para-hydroxylation sites is 2. The molecule has 0 bridgehead atoms. The molecule has 30 heavy (non-hydrogen) atoms. The third-order valence-corrected chi connectivity index (χ3v) is 5.34. The van der Waals surface area contributed by atoms with E-state index in [4.69, 9.17) is 9.47 Å². The molecule has 0 saturated carbocycles. The molecule has 9 heteroatoms. The number of amides is 1. The lowest BCUT2D eigenvalue weighted by Gasteiger charge is -2.35. The van der Waals surface area contributed by atoms with Crippen LogP contribution >= 0.6 is 0 Å². The molecule has 2 aliphatic heterocycles. The summed E-state index contributed by atoms with van der Waals surface area (Å²) in [6.07, 6.45) is -3.39. The quantitative estimate of drug-likeness (QED) is 0.823. The predicted octanol–water partition coefficient (Wildman–Crippen LogP) is 3.41. The second-order valence-corrected chi connectivity index (χ2v) is 7.48. The van der Waals surface area contributed by atoms with Crippen LogP contribution in [0.15, 0.2) is 42.6 Å². The normalized spacial score (nSPS) is 21.9. The minimum absolute atomic E-state index is 0.0452. The summed E-state index contributed by atoms with van der Waals surface area (Å²) < 4.78 is 49.7. The summed E-state index contributed by atoms with van der Waals surface area (Å²) in [7, 11) is 0. The summed E-state index contributed by atoms with van der Waals surface area (Å²) in [5, 5.41) is 3.01. The minimum Gasteiger partial charge on any atom is -0.482 e. The van der Waals surface area contributed by atoms with Crippen molar-refractivity contribution in [3.63, 3.8) is 0 Å². The molecule has 160 valence electrons. The van der Waals surface area contributed by atoms with Gasteiger partial charge in [0.2, 0.25) is 6.10 Å². The van der Waals surface area contributed by atoms with Crippen molar-refractivity contribution in [1.29, 1.82) is 0 Å². The number of ether oxygens (including phenoxy) is 2. The van der Waals surface area contributed by atoms with Gasteiger partial charge in [0.1, 0.15) is 11.9 Å². The third kappa shape index (κ3) is 4.29. The molecule has 3 heterocycles. The fourth-order valence-corrected chi connectivity index (χ4v) is 3.68. The van der Waals surface area contributed by atoms with E-state index in [9.17, 15) is 18.0 Å². The fourth-order valence-electron chi connectivity index (χ4n) is 3.68. The summed E-state index contributed by atoms with van der Waals surface area (Å²) in [5.41, 5.74) is -0.765. The summed E-state index contributed by atoms with van der Waals surface area (Å²) in [4.78, 5) is 18.6. The van der Waals surface area contributed by atoms with E-state index in [0.29, 0.717) is 43.2 Å². The lowest BCUT2D eigenvalue weighted by Crippen LogP contribution is -2.53. The van der Waals surface area contributed by atoms with Gasteiger partial charge in [-0.1, -0.05) is 12.1 Å². The Balaban J connectivity index is 1.31. The molecule has 4 rings (SSSR count). The molecule has 1 saturated heterocycles. The molecule has 1 aromatic heterocycles. The lowest BCUT2D eigenvalue weighted by atomic mass is 10.0. The van der Waals surface area contributed by atoms with Gasteiger partial charge in [0.15, 0.2) is 11.5 Å². The number of nitrogens with one attached hydrogen (secondary N) is 1. The average Bonchev–Trinajstić information content (AvgIpc) is 2.73. The molecule has 2 aromatic rings. The van der Waals surface area contributed by atoms with Crippen LogP contribution in [0.25, 0.3) is 0 Å². The number of benzene rings is 1. The zero-order valence-electron chi connectivity index (χ0n) is 16.4. The Labute approximate surface area is 172 Å². The number of rotatable bonds is 3. The predicted molar refractivity (Wildman–Crippen MR) is 104 cm³/mol. The van der Waals surface area contributed by atoms with Crippen LogP contribution in [0, 0.1) is 0 Å². The van der Waals surface area contributed by atoms with E-state index < -0.39 is 23.9 Å². The number of piperidine rings is 1. The van der Waals surface area contributed by atoms with Crippen LogP contribution in [0.2, 0.25) is 0 Å². The Morgan fingerprint density at radius 2 is 1.77 bits per heavy atom. The van der Waals surface area contributed by atoms with Gasteiger partial charge in [0.25, 0.3) is 5.91 Å². The van der Waals surface area contributed by atoms with Crippen LogP contribution in [0.1, 0.15) is 25.3 Å². The molecule has 0 spiro atoms. The standard InChI is InChI=1S/C21H22F3N3O3/c1-13-19(30-17-5-3-2-4-16(17)29-13)20(28)26-15-8-10-27(11-9-15)18-7-6-14(12-25-18)21(22,23)24/h2-7,12-13,15,19H,8-11H2,1H3,(H,26,28). The Bertz CT molecular complexity index is 896. The molecule has 1 amide bonds. The van der Waals surface area contributed by atoms with Crippen LogP contribution in [-0.4, -0.2) is 42.2 Å². The molecule has 1 aromatic carbocycles. The van der Waals surface area contributed by atoms with Crippen LogP contribution in [0.4, 0.5) is 19.0 Å². The second-order valence-electron chi connectivity index (χ2n) is 7.48. The van der Waals surface area contributed by atoms with E-state index in [-0.39, 0.29) is 11.9 Å². The second kappa shape index (κ2) is 8.04. The monoisotopic (exact) mass is 421 g/mol. The first kappa shape index (κ1) is 20.3. The van der Waals surface area contributed by atoms with Gasteiger partial charge in [-0.25, -0.2) is 4.98 Å². The highest BCUT2D eigenvalue weighted by Crippen LogP contribution is 2.33. The molecule has 1 N–H and O–H groups in total. The highest BCUT2D eigenvalue weighted by molar-refractivity contribution is 5.82. The highest BCUT2D eigenvalue weighted by Gasteiger charge is 2.35. The van der Waals surface area contributed by atoms with E-state index in [1.165, 1.54) is 6.07 Å². The Morgan fingerprint density at radius 1 is 1.10 bits per heavy atom. The molecule has 2 atom stereocenters. The first-order chi connectivity index (χ1) is 14.3. The number of pyridine rings is 1. The van der Waals surface area contributed by atoms with E-state index in [1.54, 1.807) is 19.1 Å². The number of carbonyl (C=O) groups excluding carboxylic acids is 1. The zero-order chi connectivity index (χ0) is 21.3. The minimum atomic E-state index is -4.40.